The second kappa shape index (κ2) is 23.7. The normalized spacial score (nSPS) is 13.6. The van der Waals surface area contributed by atoms with Crippen LogP contribution in [0.2, 0.25) is 0 Å². The number of hydrogen-bond donors (Lipinski definition) is 0. The van der Waals surface area contributed by atoms with Gasteiger partial charge in [0.1, 0.15) is 0 Å². The number of hydrogen-bond acceptors (Lipinski definition) is 6. The quantitative estimate of drug-likeness (QED) is 0.0795. The third-order valence-electron chi connectivity index (χ3n) is 6.12. The van der Waals surface area contributed by atoms with Crippen molar-refractivity contribution in [1.82, 2.24) is 4.90 Å². The van der Waals surface area contributed by atoms with Gasteiger partial charge in [0.05, 0.1) is 0 Å². The number of nitrogens with zero attached hydrogens (tertiary/aromatic N) is 1. The molecule has 0 aromatic heterocycles. The van der Waals surface area contributed by atoms with E-state index in [4.69, 9.17) is 22.8 Å². The van der Waals surface area contributed by atoms with Crippen LogP contribution in [0.4, 0.5) is 0 Å². The Morgan fingerprint density at radius 3 is 1.17 bits per heavy atom. The average molecular weight is 544 g/mol. The van der Waals surface area contributed by atoms with E-state index in [0.29, 0.717) is 0 Å². The Labute approximate surface area is 220 Å². The molecule has 0 bridgehead atoms. The third-order valence-corrected chi connectivity index (χ3v) is 13.5. The summed E-state index contributed by atoms with van der Waals surface area (Å²) in [6.07, 6.45) is 11.7. The molecular weight excluding hydrogens is 480 g/mol. The molecule has 216 valence electrons. The first-order valence-electron chi connectivity index (χ1n) is 14.9. The van der Waals surface area contributed by atoms with Gasteiger partial charge in [-0.25, -0.2) is 0 Å². The third kappa shape index (κ3) is 16.9. The van der Waals surface area contributed by atoms with E-state index in [1.54, 1.807) is 0 Å². The van der Waals surface area contributed by atoms with Crippen molar-refractivity contribution in [2.45, 2.75) is 93.4 Å². The van der Waals surface area contributed by atoms with Crippen molar-refractivity contribution in [3.63, 3.8) is 0 Å². The molecule has 0 aromatic carbocycles. The van der Waals surface area contributed by atoms with Crippen LogP contribution in [0.3, 0.4) is 0 Å². The Morgan fingerprint density at radius 2 is 0.857 bits per heavy atom. The Hall–Kier alpha value is 0.620. The molecule has 0 fully saturated rings. The maximum atomic E-state index is 6.53. The summed E-state index contributed by atoms with van der Waals surface area (Å²) in [5.41, 5.74) is 0. The first-order chi connectivity index (χ1) is 17.0. The van der Waals surface area contributed by atoms with Gasteiger partial charge in [-0.05, 0) is 0 Å². The number of rotatable bonds is 27. The summed E-state index contributed by atoms with van der Waals surface area (Å²) in [5, 5.41) is 0. The van der Waals surface area contributed by atoms with Gasteiger partial charge in [-0.1, -0.05) is 0 Å². The zero-order valence-electron chi connectivity index (χ0n) is 24.6. The molecule has 0 saturated carbocycles. The first-order valence-corrected chi connectivity index (χ1v) is 19.3. The molecule has 0 aliphatic rings. The second-order valence-corrected chi connectivity index (χ2v) is 16.4. The van der Waals surface area contributed by atoms with Gasteiger partial charge in [0.15, 0.2) is 0 Å². The monoisotopic (exact) mass is 543 g/mol. The van der Waals surface area contributed by atoms with E-state index in [-0.39, 0.29) is 0 Å². The number of ether oxygens (including phenoxy) is 1. The van der Waals surface area contributed by atoms with Crippen LogP contribution < -0.4 is 0 Å². The molecule has 0 saturated heterocycles. The molecule has 0 aliphatic heterocycles. The minimum absolute atomic E-state index is 0.782. The summed E-state index contributed by atoms with van der Waals surface area (Å²) in [7, 11) is -4.42. The van der Waals surface area contributed by atoms with Crippen molar-refractivity contribution in [1.29, 1.82) is 0 Å². The van der Waals surface area contributed by atoms with Crippen LogP contribution in [0.25, 0.3) is 0 Å². The van der Waals surface area contributed by atoms with Gasteiger partial charge >= 0.3 is 220 Å². The molecule has 0 amide bonds. The van der Waals surface area contributed by atoms with Gasteiger partial charge in [0, 0.05) is 0 Å². The molecule has 0 aromatic rings. The molecule has 8 heteroatoms. The maximum absolute atomic E-state index is 6.53. The Kier molecular flexibility index (Phi) is 24.1. The van der Waals surface area contributed by atoms with Crippen LogP contribution in [-0.4, -0.2) is 88.8 Å². The van der Waals surface area contributed by atoms with Crippen LogP contribution >= 0.6 is 15.4 Å². The summed E-state index contributed by atoms with van der Waals surface area (Å²) < 4.78 is 31.8. The van der Waals surface area contributed by atoms with Crippen LogP contribution in [-0.2, 0) is 22.8 Å². The van der Waals surface area contributed by atoms with Gasteiger partial charge in [-0.15, -0.1) is 0 Å². The predicted octanol–water partition coefficient (Wildman–Crippen LogP) is 7.40. The zero-order chi connectivity index (χ0) is 26.3. The van der Waals surface area contributed by atoms with Crippen molar-refractivity contribution in [2.24, 2.45) is 0 Å². The fourth-order valence-electron chi connectivity index (χ4n) is 4.35. The molecule has 0 rings (SSSR count). The molecule has 0 spiro atoms. The minimum atomic E-state index is -2.21. The molecule has 0 N–H and O–H groups in total. The van der Waals surface area contributed by atoms with Crippen LogP contribution in [0.1, 0.15) is 93.4 Å². The van der Waals surface area contributed by atoms with Gasteiger partial charge < -0.3 is 0 Å². The topological polar surface area (TPSA) is 49.4 Å². The van der Waals surface area contributed by atoms with Gasteiger partial charge in [-0.2, -0.15) is 0 Å². The van der Waals surface area contributed by atoms with E-state index in [1.807, 2.05) is 0 Å². The van der Waals surface area contributed by atoms with Crippen molar-refractivity contribution >= 4 is 15.4 Å². The van der Waals surface area contributed by atoms with E-state index in [2.05, 4.69) is 53.4 Å². The summed E-state index contributed by atoms with van der Waals surface area (Å²) in [6, 6.07) is 0. The molecular formula is C27H63NO5P2. The van der Waals surface area contributed by atoms with E-state index in [1.165, 1.54) is 0 Å². The summed E-state index contributed by atoms with van der Waals surface area (Å²) in [6.45, 7) is 23.2. The fraction of sp³-hybridized carbons (Fsp3) is 1.00. The van der Waals surface area contributed by atoms with Gasteiger partial charge in [0.25, 0.3) is 0 Å². The van der Waals surface area contributed by atoms with Crippen LogP contribution in [0.15, 0.2) is 0 Å². The van der Waals surface area contributed by atoms with E-state index >= 15 is 0 Å². The van der Waals surface area contributed by atoms with Crippen LogP contribution in [0.5, 0.6) is 0 Å². The SMILES string of the molecule is CCCO[PH](CCC)(CCN(CCCOCC)CC[PH](CCC)(OCCC)OCCC)OCCC. The Balaban J connectivity index is 5.48. The van der Waals surface area contributed by atoms with Crippen molar-refractivity contribution in [2.75, 3.05) is 83.9 Å². The molecule has 0 atom stereocenters. The second-order valence-electron chi connectivity index (χ2n) is 9.61. The average Bonchev–Trinajstić information content (AvgIpc) is 2.87. The van der Waals surface area contributed by atoms with Crippen molar-refractivity contribution < 1.29 is 22.8 Å². The summed E-state index contributed by atoms with van der Waals surface area (Å²) >= 11 is 0. The van der Waals surface area contributed by atoms with E-state index in [0.717, 1.165) is 129 Å². The first kappa shape index (κ1) is 35.6. The molecule has 6 nitrogen and oxygen atoms in total. The standard InChI is InChI=1S/C27H63NO5P2/c1-8-19-30-34(24-12-5,31-20-9-2)26-17-28(16-15-23-29-14-7)18-27-35(25-13-6,32-21-10-3)33-22-11-4/h34-35H,8-27H2,1-7H3. The van der Waals surface area contributed by atoms with Gasteiger partial charge in [-0.3, -0.25) is 0 Å². The summed E-state index contributed by atoms with van der Waals surface area (Å²) in [5.74, 6) is 0. The van der Waals surface area contributed by atoms with Crippen molar-refractivity contribution in [3.05, 3.63) is 0 Å². The molecule has 0 aliphatic carbocycles. The van der Waals surface area contributed by atoms with E-state index in [9.17, 15) is 0 Å². The van der Waals surface area contributed by atoms with Gasteiger partial charge in [0.2, 0.25) is 0 Å². The fourth-order valence-corrected chi connectivity index (χ4v) is 11.3. The van der Waals surface area contributed by atoms with Crippen LogP contribution in [0, 0.1) is 0 Å². The molecule has 0 unspecified atom stereocenters. The summed E-state index contributed by atoms with van der Waals surface area (Å²) in [4.78, 5) is 2.61. The Morgan fingerprint density at radius 1 is 0.457 bits per heavy atom. The predicted molar refractivity (Wildman–Crippen MR) is 159 cm³/mol. The van der Waals surface area contributed by atoms with Crippen molar-refractivity contribution in [3.8, 4) is 0 Å². The molecule has 0 radical (unpaired) electrons. The molecule has 0 heterocycles. The molecule has 35 heavy (non-hydrogen) atoms. The zero-order valence-corrected chi connectivity index (χ0v) is 26.6. The Bertz CT molecular complexity index is 409. The van der Waals surface area contributed by atoms with E-state index < -0.39 is 15.4 Å².